The van der Waals surface area contributed by atoms with Crippen LogP contribution in [0.15, 0.2) is 30.3 Å². The number of para-hydroxylation sites is 1. The molecule has 0 bridgehead atoms. The van der Waals surface area contributed by atoms with Gasteiger partial charge in [0.1, 0.15) is 11.9 Å². The van der Waals surface area contributed by atoms with Crippen molar-refractivity contribution in [3.63, 3.8) is 0 Å². The lowest BCUT2D eigenvalue weighted by Gasteiger charge is -2.27. The Kier molecular flexibility index (Phi) is 2.97. The number of rotatable bonds is 2. The minimum Gasteiger partial charge on any atom is -0.490 e. The Morgan fingerprint density at radius 1 is 1.08 bits per heavy atom. The van der Waals surface area contributed by atoms with E-state index in [1.54, 1.807) is 0 Å². The average Bonchev–Trinajstić information content (AvgIpc) is 2.04. The Morgan fingerprint density at radius 3 is 2.08 bits per heavy atom. The molecule has 0 radical (unpaired) electrons. The van der Waals surface area contributed by atoms with E-state index >= 15 is 0 Å². The number of benzene rings is 1. The van der Waals surface area contributed by atoms with Crippen LogP contribution in [0.1, 0.15) is 27.7 Å². The fourth-order valence-electron chi connectivity index (χ4n) is 0.880. The van der Waals surface area contributed by atoms with Crippen LogP contribution in [0.3, 0.4) is 0 Å². The van der Waals surface area contributed by atoms with E-state index in [0.29, 0.717) is 0 Å². The molecular formula is C12H18O. The van der Waals surface area contributed by atoms with Crippen LogP contribution >= 0.6 is 0 Å². The van der Waals surface area contributed by atoms with E-state index in [1.807, 2.05) is 30.3 Å². The normalized spacial score (nSPS) is 13.8. The molecule has 0 fully saturated rings. The Labute approximate surface area is 80.7 Å². The first-order chi connectivity index (χ1) is 6.00. The Bertz CT molecular complexity index is 246. The summed E-state index contributed by atoms with van der Waals surface area (Å²) in [5.74, 6) is 0.949. The molecule has 72 valence electrons. The van der Waals surface area contributed by atoms with Gasteiger partial charge in [-0.1, -0.05) is 39.0 Å². The summed E-state index contributed by atoms with van der Waals surface area (Å²) in [4.78, 5) is 0. The van der Waals surface area contributed by atoms with Crippen molar-refractivity contribution in [2.75, 3.05) is 0 Å². The first-order valence-corrected chi connectivity index (χ1v) is 4.72. The van der Waals surface area contributed by atoms with E-state index in [-0.39, 0.29) is 11.5 Å². The van der Waals surface area contributed by atoms with Gasteiger partial charge in [0.05, 0.1) is 0 Å². The molecular weight excluding hydrogens is 160 g/mol. The fraction of sp³-hybridized carbons (Fsp3) is 0.500. The minimum absolute atomic E-state index is 0.190. The van der Waals surface area contributed by atoms with Gasteiger partial charge in [0.15, 0.2) is 0 Å². The van der Waals surface area contributed by atoms with Crippen LogP contribution in [0.5, 0.6) is 5.75 Å². The molecule has 0 unspecified atom stereocenters. The van der Waals surface area contributed by atoms with Crippen molar-refractivity contribution in [1.29, 1.82) is 0 Å². The molecule has 1 aromatic carbocycles. The minimum atomic E-state index is 0.190. The second-order valence-electron chi connectivity index (χ2n) is 4.44. The third kappa shape index (κ3) is 3.10. The maximum Gasteiger partial charge on any atom is 0.119 e. The lowest BCUT2D eigenvalue weighted by molar-refractivity contribution is 0.103. The van der Waals surface area contributed by atoms with Gasteiger partial charge in [-0.25, -0.2) is 0 Å². The highest BCUT2D eigenvalue weighted by Gasteiger charge is 2.21. The zero-order valence-corrected chi connectivity index (χ0v) is 8.87. The standard InChI is InChI=1S/C12H18O/c1-10(12(2,3)4)13-11-8-6-5-7-9-11/h5-10H,1-4H3/t10-/m0/s1. The molecule has 1 atom stereocenters. The van der Waals surface area contributed by atoms with Crippen molar-refractivity contribution in [3.05, 3.63) is 30.3 Å². The van der Waals surface area contributed by atoms with Crippen molar-refractivity contribution in [2.24, 2.45) is 5.41 Å². The number of ether oxygens (including phenoxy) is 1. The zero-order chi connectivity index (χ0) is 9.90. The van der Waals surface area contributed by atoms with Crippen LogP contribution in [0, 0.1) is 5.41 Å². The summed E-state index contributed by atoms with van der Waals surface area (Å²) >= 11 is 0. The Balaban J connectivity index is 2.61. The van der Waals surface area contributed by atoms with E-state index in [4.69, 9.17) is 4.74 Å². The van der Waals surface area contributed by atoms with Crippen LogP contribution in [0.25, 0.3) is 0 Å². The van der Waals surface area contributed by atoms with Gasteiger partial charge >= 0.3 is 0 Å². The highest BCUT2D eigenvalue weighted by molar-refractivity contribution is 5.21. The van der Waals surface area contributed by atoms with Crippen LogP contribution in [-0.4, -0.2) is 6.10 Å². The van der Waals surface area contributed by atoms with Crippen LogP contribution < -0.4 is 4.74 Å². The van der Waals surface area contributed by atoms with Gasteiger partial charge in [-0.15, -0.1) is 0 Å². The second kappa shape index (κ2) is 3.82. The van der Waals surface area contributed by atoms with Gasteiger partial charge in [-0.05, 0) is 24.5 Å². The molecule has 1 aromatic rings. The van der Waals surface area contributed by atoms with Crippen molar-refractivity contribution in [3.8, 4) is 5.75 Å². The average molecular weight is 178 g/mol. The summed E-state index contributed by atoms with van der Waals surface area (Å²) < 4.78 is 5.78. The molecule has 13 heavy (non-hydrogen) atoms. The predicted octanol–water partition coefficient (Wildman–Crippen LogP) is 3.50. The molecule has 1 heteroatoms. The highest BCUT2D eigenvalue weighted by Crippen LogP contribution is 2.23. The molecule has 0 aliphatic rings. The monoisotopic (exact) mass is 178 g/mol. The summed E-state index contributed by atoms with van der Waals surface area (Å²) in [6.45, 7) is 8.65. The maximum absolute atomic E-state index is 5.78. The summed E-state index contributed by atoms with van der Waals surface area (Å²) in [6, 6.07) is 9.95. The molecule has 0 saturated carbocycles. The number of hydrogen-bond acceptors (Lipinski definition) is 1. The molecule has 0 aliphatic heterocycles. The topological polar surface area (TPSA) is 9.23 Å². The van der Waals surface area contributed by atoms with Crippen molar-refractivity contribution < 1.29 is 4.74 Å². The highest BCUT2D eigenvalue weighted by atomic mass is 16.5. The Morgan fingerprint density at radius 2 is 1.62 bits per heavy atom. The lowest BCUT2D eigenvalue weighted by atomic mass is 9.90. The van der Waals surface area contributed by atoms with Crippen LogP contribution in [-0.2, 0) is 0 Å². The van der Waals surface area contributed by atoms with Gasteiger partial charge in [-0.3, -0.25) is 0 Å². The quantitative estimate of drug-likeness (QED) is 0.673. The molecule has 0 amide bonds. The summed E-state index contributed by atoms with van der Waals surface area (Å²) in [5, 5.41) is 0. The third-order valence-electron chi connectivity index (χ3n) is 2.28. The van der Waals surface area contributed by atoms with Crippen molar-refractivity contribution in [1.82, 2.24) is 0 Å². The Hall–Kier alpha value is -0.980. The van der Waals surface area contributed by atoms with Gasteiger partial charge in [0, 0.05) is 0 Å². The largest absolute Gasteiger partial charge is 0.490 e. The molecule has 0 heterocycles. The second-order valence-corrected chi connectivity index (χ2v) is 4.44. The zero-order valence-electron chi connectivity index (χ0n) is 8.87. The molecule has 0 aromatic heterocycles. The summed E-state index contributed by atoms with van der Waals surface area (Å²) in [7, 11) is 0. The van der Waals surface area contributed by atoms with E-state index in [1.165, 1.54) is 0 Å². The van der Waals surface area contributed by atoms with E-state index in [2.05, 4.69) is 27.7 Å². The molecule has 0 spiro atoms. The first kappa shape index (κ1) is 10.1. The molecule has 0 N–H and O–H groups in total. The summed E-state index contributed by atoms with van der Waals surface area (Å²) in [6.07, 6.45) is 0.231. The number of hydrogen-bond donors (Lipinski definition) is 0. The maximum atomic E-state index is 5.78. The van der Waals surface area contributed by atoms with E-state index < -0.39 is 0 Å². The molecule has 1 rings (SSSR count). The van der Waals surface area contributed by atoms with E-state index in [0.717, 1.165) is 5.75 Å². The molecule has 0 saturated heterocycles. The fourth-order valence-corrected chi connectivity index (χ4v) is 0.880. The summed E-state index contributed by atoms with van der Waals surface area (Å²) in [5.41, 5.74) is 0.190. The first-order valence-electron chi connectivity index (χ1n) is 4.72. The smallest absolute Gasteiger partial charge is 0.119 e. The van der Waals surface area contributed by atoms with Crippen molar-refractivity contribution in [2.45, 2.75) is 33.8 Å². The van der Waals surface area contributed by atoms with Crippen molar-refractivity contribution >= 4 is 0 Å². The van der Waals surface area contributed by atoms with Gasteiger partial charge in [-0.2, -0.15) is 0 Å². The van der Waals surface area contributed by atoms with Gasteiger partial charge in [0.25, 0.3) is 0 Å². The van der Waals surface area contributed by atoms with Gasteiger partial charge < -0.3 is 4.74 Å². The lowest BCUT2D eigenvalue weighted by Crippen LogP contribution is -2.28. The molecule has 0 aliphatic carbocycles. The molecule has 1 nitrogen and oxygen atoms in total. The van der Waals surface area contributed by atoms with Crippen LogP contribution in [0.4, 0.5) is 0 Å². The SMILES string of the molecule is C[C@H](Oc1ccccc1)C(C)(C)C. The third-order valence-corrected chi connectivity index (χ3v) is 2.28. The van der Waals surface area contributed by atoms with Crippen LogP contribution in [0.2, 0.25) is 0 Å². The predicted molar refractivity (Wildman–Crippen MR) is 56.0 cm³/mol. The van der Waals surface area contributed by atoms with Gasteiger partial charge in [0.2, 0.25) is 0 Å². The van der Waals surface area contributed by atoms with E-state index in [9.17, 15) is 0 Å².